The van der Waals surface area contributed by atoms with E-state index in [4.69, 9.17) is 5.26 Å². The molecule has 0 aliphatic rings. The normalized spacial score (nSPS) is 11.2. The van der Waals surface area contributed by atoms with Crippen molar-refractivity contribution in [3.05, 3.63) is 72.3 Å². The quantitative estimate of drug-likeness (QED) is 0.868. The fraction of sp³-hybridized carbons (Fsp3) is 0.111. The fourth-order valence-corrected chi connectivity index (χ4v) is 2.09. The van der Waals surface area contributed by atoms with Gasteiger partial charge in [0.2, 0.25) is 5.91 Å². The first-order valence-corrected chi connectivity index (χ1v) is 6.67. The van der Waals surface area contributed by atoms with Crippen molar-refractivity contribution >= 4 is 5.91 Å². The minimum absolute atomic E-state index is 0.0741. The molecule has 0 bridgehead atoms. The summed E-state index contributed by atoms with van der Waals surface area (Å²) in [6.07, 6.45) is 1.26. The molecule has 2 aromatic rings. The van der Waals surface area contributed by atoms with Crippen LogP contribution in [0.4, 0.5) is 0 Å². The van der Waals surface area contributed by atoms with Crippen LogP contribution in [0, 0.1) is 11.3 Å². The Bertz CT molecular complexity index is 696. The minimum Gasteiger partial charge on any atom is -0.346 e. The smallest absolute Gasteiger partial charge is 0.243 e. The zero-order chi connectivity index (χ0) is 15.2. The van der Waals surface area contributed by atoms with Crippen molar-refractivity contribution < 1.29 is 4.79 Å². The second-order valence-corrected chi connectivity index (χ2v) is 4.75. The molecule has 1 unspecified atom stereocenters. The Morgan fingerprint density at radius 3 is 2.57 bits per heavy atom. The summed E-state index contributed by atoms with van der Waals surface area (Å²) in [5.74, 6) is -0.187. The second-order valence-electron chi connectivity index (χ2n) is 4.75. The summed E-state index contributed by atoms with van der Waals surface area (Å²) in [6, 6.07) is 17.5. The van der Waals surface area contributed by atoms with Crippen molar-refractivity contribution in [1.82, 2.24) is 5.32 Å². The molecule has 1 N–H and O–H groups in total. The number of amides is 1. The van der Waals surface area contributed by atoms with Gasteiger partial charge in [0.25, 0.3) is 0 Å². The molecule has 0 radical (unpaired) electrons. The lowest BCUT2D eigenvalue weighted by molar-refractivity contribution is -0.117. The van der Waals surface area contributed by atoms with E-state index in [1.807, 2.05) is 49.4 Å². The summed E-state index contributed by atoms with van der Waals surface area (Å²) < 4.78 is 0. The summed E-state index contributed by atoms with van der Waals surface area (Å²) in [6.45, 7) is 5.36. The average Bonchev–Trinajstić information content (AvgIpc) is 2.54. The maximum atomic E-state index is 11.3. The highest BCUT2D eigenvalue weighted by atomic mass is 16.1. The Labute approximate surface area is 124 Å². The van der Waals surface area contributed by atoms with E-state index in [0.717, 1.165) is 16.7 Å². The van der Waals surface area contributed by atoms with Crippen LogP contribution in [0.3, 0.4) is 0 Å². The molecule has 3 heteroatoms. The van der Waals surface area contributed by atoms with Crippen LogP contribution in [-0.2, 0) is 4.79 Å². The van der Waals surface area contributed by atoms with E-state index < -0.39 is 0 Å². The largest absolute Gasteiger partial charge is 0.346 e. The van der Waals surface area contributed by atoms with Gasteiger partial charge in [0.05, 0.1) is 17.7 Å². The number of hydrogen-bond acceptors (Lipinski definition) is 2. The zero-order valence-electron chi connectivity index (χ0n) is 11.8. The van der Waals surface area contributed by atoms with Gasteiger partial charge in [-0.3, -0.25) is 4.79 Å². The number of nitrogens with one attached hydrogen (secondary N) is 1. The molecule has 0 aliphatic heterocycles. The highest BCUT2D eigenvalue weighted by Crippen LogP contribution is 2.22. The third-order valence-corrected chi connectivity index (χ3v) is 3.28. The van der Waals surface area contributed by atoms with Crippen LogP contribution >= 0.6 is 0 Å². The molecular weight excluding hydrogens is 260 g/mol. The van der Waals surface area contributed by atoms with E-state index in [0.29, 0.717) is 5.56 Å². The SMILES string of the molecule is C=CC(=O)NC(C)c1ccc(-c2cccc(C#N)c2)cc1. The molecule has 104 valence electrons. The van der Waals surface area contributed by atoms with Crippen molar-refractivity contribution in [1.29, 1.82) is 5.26 Å². The highest BCUT2D eigenvalue weighted by molar-refractivity contribution is 5.87. The van der Waals surface area contributed by atoms with Crippen molar-refractivity contribution in [3.8, 4) is 17.2 Å². The molecule has 0 spiro atoms. The summed E-state index contributed by atoms with van der Waals surface area (Å²) >= 11 is 0. The molecule has 2 aromatic carbocycles. The molecule has 21 heavy (non-hydrogen) atoms. The lowest BCUT2D eigenvalue weighted by Gasteiger charge is -2.13. The van der Waals surface area contributed by atoms with E-state index in [1.54, 1.807) is 6.07 Å². The number of hydrogen-bond donors (Lipinski definition) is 1. The number of nitriles is 1. The summed E-state index contributed by atoms with van der Waals surface area (Å²) in [4.78, 5) is 11.3. The summed E-state index contributed by atoms with van der Waals surface area (Å²) in [5, 5.41) is 11.8. The molecule has 3 nitrogen and oxygen atoms in total. The molecule has 0 aromatic heterocycles. The van der Waals surface area contributed by atoms with Crippen LogP contribution in [0.5, 0.6) is 0 Å². The minimum atomic E-state index is -0.187. The second kappa shape index (κ2) is 6.53. The monoisotopic (exact) mass is 276 g/mol. The average molecular weight is 276 g/mol. The summed E-state index contributed by atoms with van der Waals surface area (Å²) in [7, 11) is 0. The maximum absolute atomic E-state index is 11.3. The third-order valence-electron chi connectivity index (χ3n) is 3.28. The predicted molar refractivity (Wildman–Crippen MR) is 83.3 cm³/mol. The Hall–Kier alpha value is -2.86. The van der Waals surface area contributed by atoms with Gasteiger partial charge in [-0.2, -0.15) is 5.26 Å². The number of carbonyl (C=O) groups is 1. The Morgan fingerprint density at radius 2 is 1.95 bits per heavy atom. The number of rotatable bonds is 4. The van der Waals surface area contributed by atoms with E-state index in [9.17, 15) is 4.79 Å². The highest BCUT2D eigenvalue weighted by Gasteiger charge is 2.07. The molecule has 0 saturated heterocycles. The first-order chi connectivity index (χ1) is 10.1. The first-order valence-electron chi connectivity index (χ1n) is 6.67. The summed E-state index contributed by atoms with van der Waals surface area (Å²) in [5.41, 5.74) is 3.70. The Morgan fingerprint density at radius 1 is 1.24 bits per heavy atom. The van der Waals surface area contributed by atoms with Crippen LogP contribution < -0.4 is 5.32 Å². The molecule has 0 fully saturated rings. The molecule has 0 saturated carbocycles. The maximum Gasteiger partial charge on any atom is 0.243 e. The fourth-order valence-electron chi connectivity index (χ4n) is 2.09. The zero-order valence-corrected chi connectivity index (χ0v) is 11.8. The molecule has 1 atom stereocenters. The topological polar surface area (TPSA) is 52.9 Å². The van der Waals surface area contributed by atoms with Crippen molar-refractivity contribution in [3.63, 3.8) is 0 Å². The van der Waals surface area contributed by atoms with Gasteiger partial charge in [-0.1, -0.05) is 43.0 Å². The Kier molecular flexibility index (Phi) is 4.53. The molecule has 1 amide bonds. The lowest BCUT2D eigenvalue weighted by atomic mass is 10.00. The van der Waals surface area contributed by atoms with Gasteiger partial charge in [-0.25, -0.2) is 0 Å². The van der Waals surface area contributed by atoms with E-state index in [1.165, 1.54) is 6.08 Å². The van der Waals surface area contributed by atoms with Gasteiger partial charge in [0.15, 0.2) is 0 Å². The van der Waals surface area contributed by atoms with E-state index in [2.05, 4.69) is 18.0 Å². The van der Waals surface area contributed by atoms with Gasteiger partial charge < -0.3 is 5.32 Å². The van der Waals surface area contributed by atoms with E-state index in [-0.39, 0.29) is 11.9 Å². The first kappa shape index (κ1) is 14.5. The van der Waals surface area contributed by atoms with E-state index >= 15 is 0 Å². The van der Waals surface area contributed by atoms with Crippen molar-refractivity contribution in [2.24, 2.45) is 0 Å². The number of carbonyl (C=O) groups excluding carboxylic acids is 1. The van der Waals surface area contributed by atoms with Gasteiger partial charge >= 0.3 is 0 Å². The molecule has 0 heterocycles. The number of nitrogens with zero attached hydrogens (tertiary/aromatic N) is 1. The molecule has 2 rings (SSSR count). The van der Waals surface area contributed by atoms with Crippen LogP contribution in [0.15, 0.2) is 61.2 Å². The Balaban J connectivity index is 2.20. The van der Waals surface area contributed by atoms with Gasteiger partial charge in [0, 0.05) is 0 Å². The van der Waals surface area contributed by atoms with Crippen molar-refractivity contribution in [2.75, 3.05) is 0 Å². The van der Waals surface area contributed by atoms with Gasteiger partial charge in [-0.05, 0) is 41.8 Å². The lowest BCUT2D eigenvalue weighted by Crippen LogP contribution is -2.24. The third kappa shape index (κ3) is 3.58. The van der Waals surface area contributed by atoms with Crippen LogP contribution in [0.25, 0.3) is 11.1 Å². The van der Waals surface area contributed by atoms with Gasteiger partial charge in [0.1, 0.15) is 0 Å². The predicted octanol–water partition coefficient (Wildman–Crippen LogP) is 3.59. The standard InChI is InChI=1S/C18H16N2O/c1-3-18(21)20-13(2)15-7-9-16(10-8-15)17-6-4-5-14(11-17)12-19/h3-11,13H,1H2,2H3,(H,20,21). The van der Waals surface area contributed by atoms with Crippen LogP contribution in [-0.4, -0.2) is 5.91 Å². The number of benzene rings is 2. The van der Waals surface area contributed by atoms with Crippen molar-refractivity contribution in [2.45, 2.75) is 13.0 Å². The van der Waals surface area contributed by atoms with Crippen LogP contribution in [0.1, 0.15) is 24.1 Å². The van der Waals surface area contributed by atoms with Gasteiger partial charge in [-0.15, -0.1) is 0 Å². The van der Waals surface area contributed by atoms with Crippen LogP contribution in [0.2, 0.25) is 0 Å². The molecular formula is C18H16N2O. The molecule has 0 aliphatic carbocycles.